The van der Waals surface area contributed by atoms with Gasteiger partial charge in [0.1, 0.15) is 11.9 Å². The maximum absolute atomic E-state index is 13.6. The predicted molar refractivity (Wildman–Crippen MR) is 152 cm³/mol. The van der Waals surface area contributed by atoms with Crippen LogP contribution in [-0.2, 0) is 16.1 Å². The molecule has 1 aromatic heterocycles. The van der Waals surface area contributed by atoms with Gasteiger partial charge in [-0.15, -0.1) is 12.6 Å². The summed E-state index contributed by atoms with van der Waals surface area (Å²) in [4.78, 5) is 29.9. The first kappa shape index (κ1) is 26.6. The van der Waals surface area contributed by atoms with Gasteiger partial charge in [0.2, 0.25) is 11.8 Å². The van der Waals surface area contributed by atoms with Crippen molar-refractivity contribution >= 4 is 52.4 Å². The van der Waals surface area contributed by atoms with E-state index in [1.54, 1.807) is 50.7 Å². The number of benzene rings is 3. The van der Waals surface area contributed by atoms with Crippen molar-refractivity contribution in [1.29, 1.82) is 0 Å². The van der Waals surface area contributed by atoms with Gasteiger partial charge in [0, 0.05) is 41.3 Å². The Morgan fingerprint density at radius 3 is 2.47 bits per heavy atom. The van der Waals surface area contributed by atoms with Crippen LogP contribution in [0.25, 0.3) is 10.8 Å². The molecule has 0 radical (unpaired) electrons. The van der Waals surface area contributed by atoms with Crippen molar-refractivity contribution in [3.63, 3.8) is 0 Å². The van der Waals surface area contributed by atoms with Crippen molar-refractivity contribution in [2.24, 2.45) is 0 Å². The Morgan fingerprint density at radius 1 is 0.974 bits per heavy atom. The van der Waals surface area contributed by atoms with Crippen LogP contribution in [0.1, 0.15) is 24.1 Å². The Morgan fingerprint density at radius 2 is 1.74 bits per heavy atom. The number of nitrogen functional groups attached to an aromatic ring is 1. The summed E-state index contributed by atoms with van der Waals surface area (Å²) in [5.41, 5.74) is 8.78. The average molecular weight is 532 g/mol. The average Bonchev–Trinajstić information content (AvgIpc) is 2.91. The number of carbonyl (C=O) groups excluding carboxylic acids is 2. The lowest BCUT2D eigenvalue weighted by Gasteiger charge is -2.22. The van der Waals surface area contributed by atoms with E-state index in [2.05, 4.69) is 33.6 Å². The number of nitrogens with two attached hydrogens (primary N) is 1. The van der Waals surface area contributed by atoms with Gasteiger partial charge < -0.3 is 31.2 Å². The second-order valence-electron chi connectivity index (χ2n) is 8.57. The van der Waals surface area contributed by atoms with E-state index in [0.717, 1.165) is 22.0 Å². The molecule has 0 aliphatic rings. The molecule has 1 atom stereocenters. The molecule has 2 amide bonds. The normalized spacial score (nSPS) is 11.5. The van der Waals surface area contributed by atoms with Crippen LogP contribution in [0, 0.1) is 0 Å². The third-order valence-corrected chi connectivity index (χ3v) is 6.40. The molecule has 5 N–H and O–H groups in total. The van der Waals surface area contributed by atoms with Crippen molar-refractivity contribution < 1.29 is 19.1 Å². The lowest BCUT2D eigenvalue weighted by atomic mass is 10.0. The van der Waals surface area contributed by atoms with E-state index in [0.29, 0.717) is 33.5 Å². The number of fused-ring (bicyclic) bond motifs is 1. The molecule has 3 aromatic carbocycles. The van der Waals surface area contributed by atoms with Crippen molar-refractivity contribution in [3.05, 3.63) is 78.0 Å². The van der Waals surface area contributed by atoms with Crippen molar-refractivity contribution in [2.75, 3.05) is 30.6 Å². The summed E-state index contributed by atoms with van der Waals surface area (Å²) in [6, 6.07) is 17.4. The fraction of sp³-hybridized carbons (Fsp3) is 0.179. The fourth-order valence-corrected chi connectivity index (χ4v) is 4.30. The van der Waals surface area contributed by atoms with Gasteiger partial charge in [-0.25, -0.2) is 4.98 Å². The molecule has 0 aliphatic carbocycles. The van der Waals surface area contributed by atoms with E-state index >= 15 is 0 Å². The zero-order valence-electron chi connectivity index (χ0n) is 21.2. The van der Waals surface area contributed by atoms with Gasteiger partial charge in [-0.05, 0) is 71.1 Å². The van der Waals surface area contributed by atoms with E-state index in [1.165, 1.54) is 6.92 Å². The van der Waals surface area contributed by atoms with Crippen LogP contribution in [0.4, 0.5) is 17.2 Å². The first-order chi connectivity index (χ1) is 18.3. The van der Waals surface area contributed by atoms with Crippen LogP contribution < -0.4 is 31.2 Å². The van der Waals surface area contributed by atoms with Gasteiger partial charge in [-0.1, -0.05) is 6.07 Å². The third kappa shape index (κ3) is 6.09. The number of thiol groups is 1. The Labute approximate surface area is 226 Å². The number of aromatic nitrogens is 1. The van der Waals surface area contributed by atoms with E-state index in [-0.39, 0.29) is 18.4 Å². The lowest BCUT2D eigenvalue weighted by molar-refractivity contribution is -0.122. The number of carbonyl (C=O) groups is 2. The highest BCUT2D eigenvalue weighted by molar-refractivity contribution is 7.80. The zero-order chi connectivity index (χ0) is 27.2. The second-order valence-corrected chi connectivity index (χ2v) is 9.05. The summed E-state index contributed by atoms with van der Waals surface area (Å²) in [6.07, 6.45) is 1.64. The number of rotatable bonds is 9. The quantitative estimate of drug-likeness (QED) is 0.201. The van der Waals surface area contributed by atoms with Gasteiger partial charge in [0.05, 0.1) is 14.2 Å². The minimum Gasteiger partial charge on any atom is -0.493 e. The molecule has 0 aliphatic heterocycles. The number of methoxy groups -OCH3 is 2. The molecule has 0 spiro atoms. The number of anilines is 3. The summed E-state index contributed by atoms with van der Waals surface area (Å²) < 4.78 is 10.8. The standard InChI is InChI=1S/C28H29N5O4S/c1-16(34)32-20-6-9-25(38)19(13-20)15-31-28(35)26(18-4-8-23(36-2)24(14-18)37-3)33-21-5-7-22-17(12-21)10-11-30-27(22)29/h4-14,26,33,38H,15H2,1-3H3,(H2,29,30)(H,31,35)(H,32,34). The molecule has 4 rings (SSSR count). The third-order valence-electron chi connectivity index (χ3n) is 5.96. The first-order valence-corrected chi connectivity index (χ1v) is 12.2. The molecule has 0 fully saturated rings. The largest absolute Gasteiger partial charge is 0.493 e. The molecule has 0 saturated carbocycles. The minimum atomic E-state index is -0.770. The van der Waals surface area contributed by atoms with Crippen LogP contribution >= 0.6 is 12.6 Å². The Bertz CT molecular complexity index is 1490. The number of pyridine rings is 1. The van der Waals surface area contributed by atoms with Crippen LogP contribution in [0.5, 0.6) is 11.5 Å². The number of nitrogens with one attached hydrogen (secondary N) is 3. The Balaban J connectivity index is 1.64. The number of nitrogens with zero attached hydrogens (tertiary/aromatic N) is 1. The Hall–Kier alpha value is -4.44. The Kier molecular flexibility index (Phi) is 8.22. The summed E-state index contributed by atoms with van der Waals surface area (Å²) in [7, 11) is 3.10. The van der Waals surface area contributed by atoms with Gasteiger partial charge >= 0.3 is 0 Å². The van der Waals surface area contributed by atoms with Gasteiger partial charge in [0.25, 0.3) is 0 Å². The second kappa shape index (κ2) is 11.7. The van der Waals surface area contributed by atoms with Crippen molar-refractivity contribution in [1.82, 2.24) is 10.3 Å². The summed E-state index contributed by atoms with van der Waals surface area (Å²) >= 11 is 4.51. The molecule has 10 heteroatoms. The monoisotopic (exact) mass is 531 g/mol. The van der Waals surface area contributed by atoms with Crippen LogP contribution in [0.2, 0.25) is 0 Å². The SMILES string of the molecule is COc1ccc(C(Nc2ccc3c(N)nccc3c2)C(=O)NCc2cc(NC(C)=O)ccc2S)cc1OC. The molecule has 4 aromatic rings. The summed E-state index contributed by atoms with van der Waals surface area (Å²) in [6.45, 7) is 1.64. The number of hydrogen-bond donors (Lipinski definition) is 5. The minimum absolute atomic E-state index is 0.183. The van der Waals surface area contributed by atoms with Crippen molar-refractivity contribution in [3.8, 4) is 11.5 Å². The molecular formula is C28H29N5O4S. The molecule has 9 nitrogen and oxygen atoms in total. The maximum Gasteiger partial charge on any atom is 0.247 e. The molecule has 0 bridgehead atoms. The molecule has 196 valence electrons. The number of hydrogen-bond acceptors (Lipinski definition) is 8. The zero-order valence-corrected chi connectivity index (χ0v) is 22.1. The lowest BCUT2D eigenvalue weighted by Crippen LogP contribution is -2.33. The van der Waals surface area contributed by atoms with Crippen molar-refractivity contribution in [2.45, 2.75) is 24.4 Å². The van der Waals surface area contributed by atoms with Crippen LogP contribution in [-0.4, -0.2) is 31.0 Å². The molecule has 0 saturated heterocycles. The van der Waals surface area contributed by atoms with Gasteiger partial charge in [-0.3, -0.25) is 9.59 Å². The number of ether oxygens (including phenoxy) is 2. The van der Waals surface area contributed by atoms with E-state index in [4.69, 9.17) is 15.2 Å². The summed E-state index contributed by atoms with van der Waals surface area (Å²) in [5, 5.41) is 10.8. The predicted octanol–water partition coefficient (Wildman–Crippen LogP) is 4.55. The highest BCUT2D eigenvalue weighted by Crippen LogP contribution is 2.32. The molecule has 1 heterocycles. The maximum atomic E-state index is 13.6. The number of amides is 2. The summed E-state index contributed by atoms with van der Waals surface area (Å²) in [5.74, 6) is 1.04. The van der Waals surface area contributed by atoms with Crippen LogP contribution in [0.15, 0.2) is 71.8 Å². The van der Waals surface area contributed by atoms with Crippen LogP contribution in [0.3, 0.4) is 0 Å². The van der Waals surface area contributed by atoms with E-state index < -0.39 is 6.04 Å². The molecule has 38 heavy (non-hydrogen) atoms. The fourth-order valence-electron chi connectivity index (χ4n) is 4.08. The first-order valence-electron chi connectivity index (χ1n) is 11.8. The smallest absolute Gasteiger partial charge is 0.247 e. The van der Waals surface area contributed by atoms with Gasteiger partial charge in [-0.2, -0.15) is 0 Å². The molecular weight excluding hydrogens is 502 g/mol. The van der Waals surface area contributed by atoms with Gasteiger partial charge in [0.15, 0.2) is 11.5 Å². The molecule has 1 unspecified atom stereocenters. The highest BCUT2D eigenvalue weighted by Gasteiger charge is 2.23. The van der Waals surface area contributed by atoms with E-state index in [9.17, 15) is 9.59 Å². The highest BCUT2D eigenvalue weighted by atomic mass is 32.1. The topological polar surface area (TPSA) is 128 Å². The van der Waals surface area contributed by atoms with E-state index in [1.807, 2.05) is 30.3 Å².